The van der Waals surface area contributed by atoms with E-state index in [9.17, 15) is 9.90 Å². The molecule has 2 atom stereocenters. The number of amides is 1. The van der Waals surface area contributed by atoms with Gasteiger partial charge in [-0.15, -0.1) is 0 Å². The van der Waals surface area contributed by atoms with Crippen LogP contribution >= 0.6 is 0 Å². The monoisotopic (exact) mass is 222 g/mol. The third-order valence-electron chi connectivity index (χ3n) is 2.60. The van der Waals surface area contributed by atoms with Crippen LogP contribution in [0.5, 0.6) is 0 Å². The minimum atomic E-state index is -0.447. The first-order chi connectivity index (χ1) is 7.70. The molecule has 1 saturated heterocycles. The van der Waals surface area contributed by atoms with Crippen molar-refractivity contribution in [2.75, 3.05) is 17.2 Å². The van der Waals surface area contributed by atoms with Crippen molar-refractivity contribution in [3.05, 3.63) is 18.3 Å². The van der Waals surface area contributed by atoms with Crippen molar-refractivity contribution in [2.24, 2.45) is 0 Å². The van der Waals surface area contributed by atoms with Crippen molar-refractivity contribution in [1.82, 2.24) is 10.3 Å². The number of nitrogens with one attached hydrogen (secondary N) is 1. The van der Waals surface area contributed by atoms with Crippen molar-refractivity contribution < 1.29 is 9.90 Å². The van der Waals surface area contributed by atoms with E-state index < -0.39 is 6.10 Å². The number of aliphatic hydroxyl groups is 1. The van der Waals surface area contributed by atoms with Gasteiger partial charge < -0.3 is 21.1 Å². The van der Waals surface area contributed by atoms with E-state index in [4.69, 9.17) is 5.73 Å². The SMILES string of the molecule is Nc1ccc(N2CC(O)CC2NC=O)nc1. The minimum Gasteiger partial charge on any atom is -0.397 e. The second kappa shape index (κ2) is 4.36. The molecule has 1 aliphatic rings. The van der Waals surface area contributed by atoms with Gasteiger partial charge in [0.15, 0.2) is 0 Å². The van der Waals surface area contributed by atoms with Gasteiger partial charge in [0.1, 0.15) is 12.0 Å². The smallest absolute Gasteiger partial charge is 0.208 e. The standard InChI is InChI=1S/C10H14N4O2/c11-7-1-2-9(12-4-7)14-5-8(16)3-10(14)13-6-15/h1-2,4,6,8,10,16H,3,5,11H2,(H,13,15). The van der Waals surface area contributed by atoms with E-state index in [1.165, 1.54) is 0 Å². The maximum absolute atomic E-state index is 10.4. The van der Waals surface area contributed by atoms with Gasteiger partial charge in [0.05, 0.1) is 18.0 Å². The Labute approximate surface area is 93.1 Å². The van der Waals surface area contributed by atoms with Gasteiger partial charge in [-0.05, 0) is 12.1 Å². The number of pyridine rings is 1. The molecule has 6 nitrogen and oxygen atoms in total. The summed E-state index contributed by atoms with van der Waals surface area (Å²) in [6.45, 7) is 0.461. The number of rotatable bonds is 3. The van der Waals surface area contributed by atoms with E-state index in [1.807, 2.05) is 4.90 Å². The second-order valence-electron chi connectivity index (χ2n) is 3.79. The maximum Gasteiger partial charge on any atom is 0.208 e. The largest absolute Gasteiger partial charge is 0.397 e. The van der Waals surface area contributed by atoms with Gasteiger partial charge in [0, 0.05) is 13.0 Å². The summed E-state index contributed by atoms with van der Waals surface area (Å²) < 4.78 is 0. The van der Waals surface area contributed by atoms with Crippen LogP contribution in [0.2, 0.25) is 0 Å². The molecule has 86 valence electrons. The molecule has 1 aromatic heterocycles. The number of hydrogen-bond donors (Lipinski definition) is 3. The van der Waals surface area contributed by atoms with Crippen molar-refractivity contribution in [2.45, 2.75) is 18.7 Å². The molecule has 6 heteroatoms. The number of nitrogens with two attached hydrogens (primary N) is 1. The van der Waals surface area contributed by atoms with Crippen LogP contribution in [-0.4, -0.2) is 35.3 Å². The summed E-state index contributed by atoms with van der Waals surface area (Å²) in [7, 11) is 0. The molecule has 2 rings (SSSR count). The number of carbonyl (C=O) groups excluding carboxylic acids is 1. The van der Waals surface area contributed by atoms with Crippen LogP contribution in [0, 0.1) is 0 Å². The molecule has 4 N–H and O–H groups in total. The molecule has 0 saturated carbocycles. The Bertz CT molecular complexity index is 368. The number of β-amino-alcohol motifs (C(OH)–C–C–N with tert-alkyl or cyclic N) is 1. The third kappa shape index (κ3) is 2.06. The highest BCUT2D eigenvalue weighted by atomic mass is 16.3. The summed E-state index contributed by atoms with van der Waals surface area (Å²) in [6, 6.07) is 3.51. The molecule has 0 spiro atoms. The lowest BCUT2D eigenvalue weighted by molar-refractivity contribution is -0.110. The second-order valence-corrected chi connectivity index (χ2v) is 3.79. The molecule has 0 aromatic carbocycles. The van der Waals surface area contributed by atoms with Crippen molar-refractivity contribution in [3.63, 3.8) is 0 Å². The highest BCUT2D eigenvalue weighted by Crippen LogP contribution is 2.22. The fourth-order valence-corrected chi connectivity index (χ4v) is 1.87. The van der Waals surface area contributed by atoms with Crippen molar-refractivity contribution >= 4 is 17.9 Å². The van der Waals surface area contributed by atoms with E-state index in [1.54, 1.807) is 18.3 Å². The Morgan fingerprint density at radius 1 is 1.62 bits per heavy atom. The fraction of sp³-hybridized carbons (Fsp3) is 0.400. The van der Waals surface area contributed by atoms with Crippen LogP contribution in [0.15, 0.2) is 18.3 Å². The Morgan fingerprint density at radius 3 is 3.06 bits per heavy atom. The van der Waals surface area contributed by atoms with Crippen LogP contribution < -0.4 is 16.0 Å². The Kier molecular flexibility index (Phi) is 2.91. The number of anilines is 2. The van der Waals surface area contributed by atoms with Crippen LogP contribution in [-0.2, 0) is 4.79 Å². The molecule has 1 aliphatic heterocycles. The summed E-state index contributed by atoms with van der Waals surface area (Å²) in [4.78, 5) is 16.4. The minimum absolute atomic E-state index is 0.205. The lowest BCUT2D eigenvalue weighted by atomic mass is 10.3. The Morgan fingerprint density at radius 2 is 2.44 bits per heavy atom. The predicted molar refractivity (Wildman–Crippen MR) is 59.6 cm³/mol. The van der Waals surface area contributed by atoms with Crippen LogP contribution in [0.1, 0.15) is 6.42 Å². The summed E-state index contributed by atoms with van der Waals surface area (Å²) in [6.07, 6.45) is 2.04. The average molecular weight is 222 g/mol. The summed E-state index contributed by atoms with van der Waals surface area (Å²) in [5.74, 6) is 0.699. The van der Waals surface area contributed by atoms with Crippen LogP contribution in [0.25, 0.3) is 0 Å². The first kappa shape index (κ1) is 10.7. The number of nitrogen functional groups attached to an aromatic ring is 1. The highest BCUT2D eigenvalue weighted by molar-refractivity contribution is 5.52. The van der Waals surface area contributed by atoms with Gasteiger partial charge in [0.25, 0.3) is 0 Å². The average Bonchev–Trinajstić information content (AvgIpc) is 2.61. The molecule has 1 amide bonds. The quantitative estimate of drug-likeness (QED) is 0.589. The molecule has 0 bridgehead atoms. The summed E-state index contributed by atoms with van der Waals surface area (Å²) in [5, 5.41) is 12.2. The topological polar surface area (TPSA) is 91.5 Å². The lowest BCUT2D eigenvalue weighted by Gasteiger charge is -2.24. The normalized spacial score (nSPS) is 24.4. The zero-order valence-electron chi connectivity index (χ0n) is 8.71. The van der Waals surface area contributed by atoms with E-state index in [2.05, 4.69) is 10.3 Å². The van der Waals surface area contributed by atoms with Crippen molar-refractivity contribution in [3.8, 4) is 0 Å². The van der Waals surface area contributed by atoms with E-state index >= 15 is 0 Å². The van der Waals surface area contributed by atoms with E-state index in [-0.39, 0.29) is 6.17 Å². The number of aromatic nitrogens is 1. The van der Waals surface area contributed by atoms with Gasteiger partial charge in [-0.3, -0.25) is 4.79 Å². The molecular weight excluding hydrogens is 208 g/mol. The number of hydrogen-bond acceptors (Lipinski definition) is 5. The lowest BCUT2D eigenvalue weighted by Crippen LogP contribution is -2.41. The highest BCUT2D eigenvalue weighted by Gasteiger charge is 2.31. The molecule has 1 fully saturated rings. The summed E-state index contributed by atoms with van der Waals surface area (Å²) in [5.41, 5.74) is 6.13. The Hall–Kier alpha value is -1.82. The predicted octanol–water partition coefficient (Wildman–Crippen LogP) is -0.693. The molecule has 2 unspecified atom stereocenters. The summed E-state index contributed by atoms with van der Waals surface area (Å²) >= 11 is 0. The zero-order valence-corrected chi connectivity index (χ0v) is 8.71. The molecule has 0 aliphatic carbocycles. The zero-order chi connectivity index (χ0) is 11.5. The molecular formula is C10H14N4O2. The molecule has 0 radical (unpaired) electrons. The first-order valence-electron chi connectivity index (χ1n) is 5.06. The number of carbonyl (C=O) groups is 1. The molecule has 16 heavy (non-hydrogen) atoms. The third-order valence-corrected chi connectivity index (χ3v) is 2.60. The van der Waals surface area contributed by atoms with Crippen molar-refractivity contribution in [1.29, 1.82) is 0 Å². The van der Waals surface area contributed by atoms with Gasteiger partial charge >= 0.3 is 0 Å². The fourth-order valence-electron chi connectivity index (χ4n) is 1.87. The van der Waals surface area contributed by atoms with Gasteiger partial charge in [-0.2, -0.15) is 0 Å². The van der Waals surface area contributed by atoms with Gasteiger partial charge in [-0.25, -0.2) is 4.98 Å². The maximum atomic E-state index is 10.4. The molecule has 2 heterocycles. The number of aliphatic hydroxyl groups excluding tert-OH is 1. The first-order valence-corrected chi connectivity index (χ1v) is 5.06. The number of nitrogens with zero attached hydrogens (tertiary/aromatic N) is 2. The van der Waals surface area contributed by atoms with Gasteiger partial charge in [-0.1, -0.05) is 0 Å². The van der Waals surface area contributed by atoms with Gasteiger partial charge in [0.2, 0.25) is 6.41 Å². The molecule has 1 aromatic rings. The Balaban J connectivity index is 2.18. The van der Waals surface area contributed by atoms with E-state index in [0.29, 0.717) is 30.9 Å². The van der Waals surface area contributed by atoms with Crippen LogP contribution in [0.4, 0.5) is 11.5 Å². The van der Waals surface area contributed by atoms with Crippen LogP contribution in [0.3, 0.4) is 0 Å². The van der Waals surface area contributed by atoms with E-state index in [0.717, 1.165) is 0 Å².